The third-order valence-electron chi connectivity index (χ3n) is 1.83. The smallest absolute Gasteiger partial charge is 0.344 e. The molecular weight excluding hydrogens is 313 g/mol. The van der Waals surface area contributed by atoms with Gasteiger partial charge < -0.3 is 9.47 Å². The minimum absolute atomic E-state index is 0.0542. The second kappa shape index (κ2) is 6.29. The lowest BCUT2D eigenvalue weighted by molar-refractivity contribution is -0.386. The molecule has 0 aromatic heterocycles. The molecule has 1 rings (SSSR count). The molecule has 6 nitrogen and oxygen atoms in total. The molecule has 8 heteroatoms. The summed E-state index contributed by atoms with van der Waals surface area (Å²) in [5, 5.41) is 10.7. The summed E-state index contributed by atoms with van der Waals surface area (Å²) < 4.78 is 22.6. The Morgan fingerprint density at radius 1 is 1.56 bits per heavy atom. The molecular formula is C10H9BrFNO5. The Hall–Kier alpha value is -1.70. The van der Waals surface area contributed by atoms with Crippen molar-refractivity contribution < 1.29 is 23.6 Å². The SMILES string of the molecule is CCOC(=O)COc1c(Br)cc(F)cc1[N+](=O)[O-]. The number of carbonyl (C=O) groups excluding carboxylic acids is 1. The Balaban J connectivity index is 2.93. The molecule has 1 aromatic carbocycles. The van der Waals surface area contributed by atoms with Crippen LogP contribution in [0.4, 0.5) is 10.1 Å². The first kappa shape index (κ1) is 14.4. The minimum atomic E-state index is -0.797. The van der Waals surface area contributed by atoms with E-state index in [1.54, 1.807) is 6.92 Å². The number of nitro groups is 1. The first-order valence-corrected chi connectivity index (χ1v) is 5.66. The number of nitrogens with zero attached hydrogens (tertiary/aromatic N) is 1. The predicted molar refractivity (Wildman–Crippen MR) is 62.9 cm³/mol. The summed E-state index contributed by atoms with van der Waals surface area (Å²) >= 11 is 2.93. The summed E-state index contributed by atoms with van der Waals surface area (Å²) in [6.07, 6.45) is 0. The fourth-order valence-corrected chi connectivity index (χ4v) is 1.70. The van der Waals surface area contributed by atoms with Crippen LogP contribution in [0.2, 0.25) is 0 Å². The zero-order valence-corrected chi connectivity index (χ0v) is 10.9. The van der Waals surface area contributed by atoms with Gasteiger partial charge in [-0.05, 0) is 28.9 Å². The van der Waals surface area contributed by atoms with E-state index in [4.69, 9.17) is 4.74 Å². The first-order chi connectivity index (χ1) is 8.45. The molecule has 0 aliphatic heterocycles. The Kier molecular flexibility index (Phi) is 5.02. The average molecular weight is 322 g/mol. The van der Waals surface area contributed by atoms with Crippen molar-refractivity contribution in [2.45, 2.75) is 6.92 Å². The Bertz CT molecular complexity index is 480. The van der Waals surface area contributed by atoms with Crippen molar-refractivity contribution >= 4 is 27.6 Å². The second-order valence-electron chi connectivity index (χ2n) is 3.09. The average Bonchev–Trinajstić information content (AvgIpc) is 2.27. The molecule has 0 amide bonds. The quantitative estimate of drug-likeness (QED) is 0.473. The first-order valence-electron chi connectivity index (χ1n) is 4.87. The van der Waals surface area contributed by atoms with Gasteiger partial charge in [-0.25, -0.2) is 9.18 Å². The Labute approximate surface area is 110 Å². The molecule has 98 valence electrons. The number of carbonyl (C=O) groups is 1. The number of ether oxygens (including phenoxy) is 2. The molecule has 0 heterocycles. The van der Waals surface area contributed by atoms with Crippen LogP contribution in [0.5, 0.6) is 5.75 Å². The molecule has 0 atom stereocenters. The largest absolute Gasteiger partial charge is 0.474 e. The van der Waals surface area contributed by atoms with Gasteiger partial charge >= 0.3 is 11.7 Å². The van der Waals surface area contributed by atoms with Crippen molar-refractivity contribution in [3.63, 3.8) is 0 Å². The zero-order chi connectivity index (χ0) is 13.7. The molecule has 0 fully saturated rings. The van der Waals surface area contributed by atoms with E-state index in [0.717, 1.165) is 6.07 Å². The van der Waals surface area contributed by atoms with Crippen LogP contribution < -0.4 is 4.74 Å². The van der Waals surface area contributed by atoms with Crippen molar-refractivity contribution in [2.75, 3.05) is 13.2 Å². The summed E-state index contributed by atoms with van der Waals surface area (Å²) in [6.45, 7) is 1.31. The molecule has 0 radical (unpaired) electrons. The summed E-state index contributed by atoms with van der Waals surface area (Å²) in [5.74, 6) is -1.66. The van der Waals surface area contributed by atoms with E-state index in [-0.39, 0.29) is 16.8 Å². The standard InChI is InChI=1S/C10H9BrFNO5/c1-2-17-9(14)5-18-10-7(11)3-6(12)4-8(10)13(15)16/h3-4H,2,5H2,1H3. The summed E-state index contributed by atoms with van der Waals surface area (Å²) in [5.41, 5.74) is -0.564. The van der Waals surface area contributed by atoms with Gasteiger partial charge in [0.15, 0.2) is 6.61 Å². The highest BCUT2D eigenvalue weighted by molar-refractivity contribution is 9.10. The van der Waals surface area contributed by atoms with Gasteiger partial charge in [0.25, 0.3) is 0 Å². The number of hydrogen-bond donors (Lipinski definition) is 0. The van der Waals surface area contributed by atoms with Gasteiger partial charge in [0.05, 0.1) is 22.1 Å². The number of halogens is 2. The van der Waals surface area contributed by atoms with E-state index >= 15 is 0 Å². The summed E-state index contributed by atoms with van der Waals surface area (Å²) in [4.78, 5) is 21.0. The lowest BCUT2D eigenvalue weighted by Gasteiger charge is -2.08. The predicted octanol–water partition coefficient (Wildman–Crippen LogP) is 2.44. The Morgan fingerprint density at radius 2 is 2.22 bits per heavy atom. The van der Waals surface area contributed by atoms with Crippen LogP contribution in [0.25, 0.3) is 0 Å². The van der Waals surface area contributed by atoms with E-state index in [1.807, 2.05) is 0 Å². The van der Waals surface area contributed by atoms with Crippen molar-refractivity contribution in [3.05, 3.63) is 32.5 Å². The van der Waals surface area contributed by atoms with Crippen molar-refractivity contribution in [1.82, 2.24) is 0 Å². The highest BCUT2D eigenvalue weighted by atomic mass is 79.9. The van der Waals surface area contributed by atoms with Gasteiger partial charge in [-0.1, -0.05) is 0 Å². The van der Waals surface area contributed by atoms with Gasteiger partial charge in [-0.3, -0.25) is 10.1 Å². The van der Waals surface area contributed by atoms with Crippen LogP contribution in [-0.4, -0.2) is 24.1 Å². The van der Waals surface area contributed by atoms with E-state index in [2.05, 4.69) is 20.7 Å². The number of esters is 1. The molecule has 0 saturated heterocycles. The van der Waals surface area contributed by atoms with Crippen molar-refractivity contribution in [3.8, 4) is 5.75 Å². The topological polar surface area (TPSA) is 78.7 Å². The fourth-order valence-electron chi connectivity index (χ4n) is 1.16. The molecule has 18 heavy (non-hydrogen) atoms. The molecule has 0 spiro atoms. The maximum Gasteiger partial charge on any atom is 0.344 e. The number of rotatable bonds is 5. The van der Waals surface area contributed by atoms with Crippen LogP contribution in [-0.2, 0) is 9.53 Å². The molecule has 0 unspecified atom stereocenters. The van der Waals surface area contributed by atoms with Crippen molar-refractivity contribution in [1.29, 1.82) is 0 Å². The lowest BCUT2D eigenvalue weighted by Crippen LogP contribution is -2.15. The lowest BCUT2D eigenvalue weighted by atomic mass is 10.3. The molecule has 0 aliphatic carbocycles. The Morgan fingerprint density at radius 3 is 2.78 bits per heavy atom. The van der Waals surface area contributed by atoms with Crippen LogP contribution in [0, 0.1) is 15.9 Å². The third-order valence-corrected chi connectivity index (χ3v) is 2.41. The van der Waals surface area contributed by atoms with Gasteiger partial charge in [0.1, 0.15) is 5.82 Å². The van der Waals surface area contributed by atoms with Crippen LogP contribution >= 0.6 is 15.9 Å². The van der Waals surface area contributed by atoms with Gasteiger partial charge in [0.2, 0.25) is 5.75 Å². The van der Waals surface area contributed by atoms with E-state index in [0.29, 0.717) is 6.07 Å². The molecule has 0 aliphatic rings. The highest BCUT2D eigenvalue weighted by Crippen LogP contribution is 2.35. The van der Waals surface area contributed by atoms with Crippen LogP contribution in [0.1, 0.15) is 6.92 Å². The summed E-state index contributed by atoms with van der Waals surface area (Å²) in [7, 11) is 0. The van der Waals surface area contributed by atoms with Gasteiger partial charge in [0, 0.05) is 0 Å². The van der Waals surface area contributed by atoms with Gasteiger partial charge in [-0.2, -0.15) is 0 Å². The number of benzene rings is 1. The number of nitro benzene ring substituents is 1. The maximum absolute atomic E-state index is 13.0. The van der Waals surface area contributed by atoms with Crippen LogP contribution in [0.15, 0.2) is 16.6 Å². The van der Waals surface area contributed by atoms with E-state index in [1.165, 1.54) is 0 Å². The molecule has 1 aromatic rings. The second-order valence-corrected chi connectivity index (χ2v) is 3.94. The van der Waals surface area contributed by atoms with Crippen molar-refractivity contribution in [2.24, 2.45) is 0 Å². The zero-order valence-electron chi connectivity index (χ0n) is 9.31. The monoisotopic (exact) mass is 321 g/mol. The maximum atomic E-state index is 13.0. The third kappa shape index (κ3) is 3.66. The minimum Gasteiger partial charge on any atom is -0.474 e. The highest BCUT2D eigenvalue weighted by Gasteiger charge is 2.21. The van der Waals surface area contributed by atoms with E-state index < -0.39 is 29.0 Å². The molecule has 0 N–H and O–H groups in total. The molecule has 0 bridgehead atoms. The summed E-state index contributed by atoms with van der Waals surface area (Å²) in [6, 6.07) is 1.72. The number of hydrogen-bond acceptors (Lipinski definition) is 5. The van der Waals surface area contributed by atoms with Gasteiger partial charge in [-0.15, -0.1) is 0 Å². The van der Waals surface area contributed by atoms with Crippen LogP contribution in [0.3, 0.4) is 0 Å². The van der Waals surface area contributed by atoms with E-state index in [9.17, 15) is 19.3 Å². The molecule has 0 saturated carbocycles. The fraction of sp³-hybridized carbons (Fsp3) is 0.300. The normalized spacial score (nSPS) is 9.94.